The molecule has 5 nitrogen and oxygen atoms in total. The van der Waals surface area contributed by atoms with Gasteiger partial charge in [0.2, 0.25) is 0 Å². The molecule has 6 heteroatoms. The molecule has 2 atom stereocenters. The zero-order valence-corrected chi connectivity index (χ0v) is 12.1. The Labute approximate surface area is 110 Å². The molecule has 17 heavy (non-hydrogen) atoms. The molecule has 0 saturated carbocycles. The first kappa shape index (κ1) is 14.7. The first-order chi connectivity index (χ1) is 7.83. The van der Waals surface area contributed by atoms with Crippen LogP contribution < -0.4 is 0 Å². The average Bonchev–Trinajstić information content (AvgIpc) is 2.54. The van der Waals surface area contributed by atoms with Gasteiger partial charge in [-0.15, -0.1) is 0 Å². The Morgan fingerprint density at radius 1 is 1.47 bits per heavy atom. The summed E-state index contributed by atoms with van der Waals surface area (Å²) >= 11 is 3.47. The van der Waals surface area contributed by atoms with Gasteiger partial charge in [0.15, 0.2) is 0 Å². The quantitative estimate of drug-likeness (QED) is 0.800. The van der Waals surface area contributed by atoms with Crippen molar-refractivity contribution in [1.29, 1.82) is 0 Å². The van der Waals surface area contributed by atoms with Crippen molar-refractivity contribution in [3.63, 3.8) is 0 Å². The molecule has 1 rings (SSSR count). The third kappa shape index (κ3) is 4.81. The Balaban J connectivity index is 2.45. The van der Waals surface area contributed by atoms with E-state index < -0.39 is 5.60 Å². The molecule has 1 aliphatic rings. The summed E-state index contributed by atoms with van der Waals surface area (Å²) in [6.45, 7) is 6.85. The van der Waals surface area contributed by atoms with Crippen LogP contribution in [0.1, 0.15) is 20.8 Å². The number of carbonyl (C=O) groups excluding carboxylic acids is 1. The van der Waals surface area contributed by atoms with Gasteiger partial charge in [0.25, 0.3) is 0 Å². The number of hydrogen-bond acceptors (Lipinski definition) is 4. The zero-order chi connectivity index (χ0) is 13.1. The first-order valence-corrected chi connectivity index (χ1v) is 6.59. The summed E-state index contributed by atoms with van der Waals surface area (Å²) in [5, 5.41) is 8.70. The van der Waals surface area contributed by atoms with Crippen LogP contribution in [0.3, 0.4) is 0 Å². The van der Waals surface area contributed by atoms with Gasteiger partial charge in [0, 0.05) is 6.54 Å². The molecule has 0 bridgehead atoms. The molecule has 1 fully saturated rings. The number of amides is 1. The second-order valence-corrected chi connectivity index (χ2v) is 6.21. The summed E-state index contributed by atoms with van der Waals surface area (Å²) in [6, 6.07) is 0. The van der Waals surface area contributed by atoms with Crippen LogP contribution in [-0.2, 0) is 9.47 Å². The van der Waals surface area contributed by atoms with Crippen LogP contribution in [0, 0.1) is 0 Å². The van der Waals surface area contributed by atoms with Gasteiger partial charge in [0.05, 0.1) is 30.7 Å². The van der Waals surface area contributed by atoms with Crippen molar-refractivity contribution in [3.8, 4) is 0 Å². The summed E-state index contributed by atoms with van der Waals surface area (Å²) < 4.78 is 10.7. The van der Waals surface area contributed by atoms with Crippen molar-refractivity contribution in [3.05, 3.63) is 0 Å². The molecular weight excluding hydrogens is 290 g/mol. The van der Waals surface area contributed by atoms with E-state index in [1.165, 1.54) is 0 Å². The van der Waals surface area contributed by atoms with Crippen LogP contribution in [0.5, 0.6) is 0 Å². The first-order valence-electron chi connectivity index (χ1n) is 5.68. The van der Waals surface area contributed by atoms with Gasteiger partial charge in [-0.25, -0.2) is 4.79 Å². The summed E-state index contributed by atoms with van der Waals surface area (Å²) in [4.78, 5) is 13.5. The van der Waals surface area contributed by atoms with Crippen LogP contribution in [0.15, 0.2) is 0 Å². The summed E-state index contributed by atoms with van der Waals surface area (Å²) in [7, 11) is 0. The van der Waals surface area contributed by atoms with Gasteiger partial charge in [-0.1, -0.05) is 15.9 Å². The topological polar surface area (TPSA) is 59.0 Å². The highest BCUT2D eigenvalue weighted by molar-refractivity contribution is 9.09. The molecule has 100 valence electrons. The normalized spacial score (nSPS) is 25.1. The average molecular weight is 310 g/mol. The van der Waals surface area contributed by atoms with Gasteiger partial charge in [-0.2, -0.15) is 0 Å². The number of aliphatic hydroxyl groups excluding tert-OH is 1. The maximum Gasteiger partial charge on any atom is 0.410 e. The highest BCUT2D eigenvalue weighted by Crippen LogP contribution is 2.22. The maximum atomic E-state index is 11.8. The number of nitrogens with zero attached hydrogens (tertiary/aromatic N) is 1. The fourth-order valence-electron chi connectivity index (χ4n) is 1.57. The molecule has 0 aromatic heterocycles. The van der Waals surface area contributed by atoms with Crippen molar-refractivity contribution < 1.29 is 19.4 Å². The van der Waals surface area contributed by atoms with Crippen molar-refractivity contribution >= 4 is 22.0 Å². The highest BCUT2D eigenvalue weighted by atomic mass is 79.9. The number of aliphatic hydroxyl groups is 1. The monoisotopic (exact) mass is 309 g/mol. The smallest absolute Gasteiger partial charge is 0.410 e. The fourth-order valence-corrected chi connectivity index (χ4v) is 2.24. The van der Waals surface area contributed by atoms with E-state index >= 15 is 0 Å². The highest BCUT2D eigenvalue weighted by Gasteiger charge is 2.36. The molecule has 1 N–H and O–H groups in total. The third-order valence-electron chi connectivity index (χ3n) is 2.27. The number of alkyl halides is 1. The van der Waals surface area contributed by atoms with E-state index in [-0.39, 0.29) is 30.2 Å². The van der Waals surface area contributed by atoms with Crippen LogP contribution in [-0.4, -0.2) is 58.9 Å². The largest absolute Gasteiger partial charge is 0.444 e. The Morgan fingerprint density at radius 2 is 2.12 bits per heavy atom. The predicted molar refractivity (Wildman–Crippen MR) is 67.3 cm³/mol. The SMILES string of the molecule is CC(C)(C)OC(=O)N1CC(OCCO)[C@H](Br)C1. The standard InChI is InChI=1S/C11H20BrNO4/c1-11(2,3)17-10(15)13-6-8(12)9(7-13)16-5-4-14/h8-9,14H,4-7H2,1-3H3/t8-,9?/m1/s1. The van der Waals surface area contributed by atoms with E-state index in [0.29, 0.717) is 13.1 Å². The Kier molecular flexibility index (Phi) is 5.22. The van der Waals surface area contributed by atoms with Crippen LogP contribution in [0.2, 0.25) is 0 Å². The van der Waals surface area contributed by atoms with E-state index in [9.17, 15) is 4.79 Å². The molecule has 1 amide bonds. The summed E-state index contributed by atoms with van der Waals surface area (Å²) in [5.74, 6) is 0. The minimum atomic E-state index is -0.483. The summed E-state index contributed by atoms with van der Waals surface area (Å²) in [5.41, 5.74) is -0.483. The fraction of sp³-hybridized carbons (Fsp3) is 0.909. The van der Waals surface area contributed by atoms with E-state index in [4.69, 9.17) is 14.6 Å². The number of carbonyl (C=O) groups is 1. The number of halogens is 1. The number of rotatable bonds is 3. The Hall–Kier alpha value is -0.330. The van der Waals surface area contributed by atoms with Gasteiger partial charge in [-0.3, -0.25) is 0 Å². The lowest BCUT2D eigenvalue weighted by atomic mass is 10.2. The Morgan fingerprint density at radius 3 is 2.65 bits per heavy atom. The molecule has 0 aliphatic carbocycles. The van der Waals surface area contributed by atoms with E-state index in [1.807, 2.05) is 20.8 Å². The minimum Gasteiger partial charge on any atom is -0.444 e. The molecule has 0 radical (unpaired) electrons. The van der Waals surface area contributed by atoms with Crippen LogP contribution in [0.25, 0.3) is 0 Å². The van der Waals surface area contributed by atoms with E-state index in [0.717, 1.165) is 0 Å². The lowest BCUT2D eigenvalue weighted by Gasteiger charge is -2.24. The van der Waals surface area contributed by atoms with Crippen molar-refractivity contribution in [2.24, 2.45) is 0 Å². The molecule has 1 saturated heterocycles. The van der Waals surface area contributed by atoms with E-state index in [1.54, 1.807) is 4.90 Å². The molecule has 0 aromatic rings. The zero-order valence-electron chi connectivity index (χ0n) is 10.5. The van der Waals surface area contributed by atoms with Crippen LogP contribution in [0.4, 0.5) is 4.79 Å². The van der Waals surface area contributed by atoms with Crippen molar-refractivity contribution in [1.82, 2.24) is 4.90 Å². The van der Waals surface area contributed by atoms with Crippen LogP contribution >= 0.6 is 15.9 Å². The Bertz CT molecular complexity index is 267. The van der Waals surface area contributed by atoms with Crippen molar-refractivity contribution in [2.75, 3.05) is 26.3 Å². The molecule has 1 aliphatic heterocycles. The lowest BCUT2D eigenvalue weighted by Crippen LogP contribution is -2.36. The molecule has 0 aromatic carbocycles. The lowest BCUT2D eigenvalue weighted by molar-refractivity contribution is 0.0163. The second kappa shape index (κ2) is 6.02. The molecular formula is C11H20BrNO4. The molecule has 1 heterocycles. The van der Waals surface area contributed by atoms with Gasteiger partial charge < -0.3 is 19.5 Å². The minimum absolute atomic E-state index is 0.0113. The van der Waals surface area contributed by atoms with Gasteiger partial charge >= 0.3 is 6.09 Å². The molecule has 0 spiro atoms. The third-order valence-corrected chi connectivity index (χ3v) is 3.15. The van der Waals surface area contributed by atoms with E-state index in [2.05, 4.69) is 15.9 Å². The van der Waals surface area contributed by atoms with Crippen molar-refractivity contribution in [2.45, 2.75) is 37.3 Å². The second-order valence-electron chi connectivity index (χ2n) is 5.03. The van der Waals surface area contributed by atoms with Gasteiger partial charge in [-0.05, 0) is 20.8 Å². The molecule has 1 unspecified atom stereocenters. The van der Waals surface area contributed by atoms with Gasteiger partial charge in [0.1, 0.15) is 5.60 Å². The number of ether oxygens (including phenoxy) is 2. The maximum absolute atomic E-state index is 11.8. The predicted octanol–water partition coefficient (Wildman–Crippen LogP) is 1.38. The summed E-state index contributed by atoms with van der Waals surface area (Å²) in [6.07, 6.45) is -0.410. The number of likely N-dealkylation sites (tertiary alicyclic amines) is 1. The number of hydrogen-bond donors (Lipinski definition) is 1.